The summed E-state index contributed by atoms with van der Waals surface area (Å²) >= 11 is 0. The van der Waals surface area contributed by atoms with Crippen molar-refractivity contribution in [2.45, 2.75) is 29.5 Å². The predicted molar refractivity (Wildman–Crippen MR) is 102 cm³/mol. The molecular formula is C21H20N2O3S. The van der Waals surface area contributed by atoms with E-state index in [9.17, 15) is 8.42 Å². The molecule has 0 aliphatic carbocycles. The molecule has 0 amide bonds. The van der Waals surface area contributed by atoms with Crippen molar-refractivity contribution in [3.05, 3.63) is 71.9 Å². The number of rotatable bonds is 3. The van der Waals surface area contributed by atoms with E-state index in [0.717, 1.165) is 34.6 Å². The van der Waals surface area contributed by atoms with Crippen molar-refractivity contribution < 1.29 is 12.8 Å². The lowest BCUT2D eigenvalue weighted by atomic mass is 9.95. The number of likely N-dealkylation sites (tertiary alicyclic amines) is 1. The molecule has 2 aromatic heterocycles. The topological polar surface area (TPSA) is 63.4 Å². The number of fused-ring (bicyclic) bond motifs is 3. The minimum absolute atomic E-state index is 0.0154. The highest BCUT2D eigenvalue weighted by Crippen LogP contribution is 2.46. The molecule has 0 saturated carbocycles. The summed E-state index contributed by atoms with van der Waals surface area (Å²) in [4.78, 5) is 7.27. The molecule has 0 unspecified atom stereocenters. The van der Waals surface area contributed by atoms with Crippen molar-refractivity contribution in [1.82, 2.24) is 9.88 Å². The molecule has 5 nitrogen and oxygen atoms in total. The zero-order valence-electron chi connectivity index (χ0n) is 15.0. The lowest BCUT2D eigenvalue weighted by Crippen LogP contribution is -2.26. The Bertz CT molecular complexity index is 1110. The monoisotopic (exact) mass is 380 g/mol. The molecule has 3 aromatic rings. The lowest BCUT2D eigenvalue weighted by Gasteiger charge is -2.17. The molecule has 2 aliphatic rings. The predicted octanol–water partition coefficient (Wildman–Crippen LogP) is 3.41. The fraction of sp³-hybridized carbons (Fsp3) is 0.286. The van der Waals surface area contributed by atoms with E-state index in [1.165, 1.54) is 0 Å². The van der Waals surface area contributed by atoms with E-state index in [-0.39, 0.29) is 11.2 Å². The first-order valence-electron chi connectivity index (χ1n) is 9.08. The van der Waals surface area contributed by atoms with Crippen LogP contribution in [0.3, 0.4) is 0 Å². The minimum atomic E-state index is -3.29. The highest BCUT2D eigenvalue weighted by atomic mass is 32.2. The van der Waals surface area contributed by atoms with Crippen LogP contribution < -0.4 is 0 Å². The van der Waals surface area contributed by atoms with Crippen LogP contribution in [-0.4, -0.2) is 36.6 Å². The second-order valence-corrected chi connectivity index (χ2v) is 9.55. The summed E-state index contributed by atoms with van der Waals surface area (Å²) < 4.78 is 31.3. The number of pyridine rings is 1. The summed E-state index contributed by atoms with van der Waals surface area (Å²) in [5, 5.41) is -0.364. The maximum Gasteiger partial charge on any atom is 0.183 e. The van der Waals surface area contributed by atoms with Crippen LogP contribution in [0.1, 0.15) is 22.9 Å². The quantitative estimate of drug-likeness (QED) is 0.697. The average Bonchev–Trinajstić information content (AvgIpc) is 3.34. The van der Waals surface area contributed by atoms with Crippen LogP contribution in [0.15, 0.2) is 64.3 Å². The summed E-state index contributed by atoms with van der Waals surface area (Å²) in [5.74, 6) is 0.0154. The lowest BCUT2D eigenvalue weighted by molar-refractivity contribution is 0.321. The standard InChI is InChI=1S/C21H20N2O3S/c1-14-3-2-4-17(22-14)10-23-11-19-18-9-15(16-7-8-26-13-16)5-6-20(18)27(24,25)21(19)12-23/h2-9,13,19,21H,10-12H2,1H3/t19-,21+/m0/s1. The van der Waals surface area contributed by atoms with Crippen LogP contribution >= 0.6 is 0 Å². The fourth-order valence-corrected chi connectivity index (χ4v) is 6.57. The molecule has 2 aliphatic heterocycles. The number of aromatic nitrogens is 1. The molecule has 5 rings (SSSR count). The van der Waals surface area contributed by atoms with Gasteiger partial charge in [0.1, 0.15) is 0 Å². The Balaban J connectivity index is 1.47. The second-order valence-electron chi connectivity index (χ2n) is 7.42. The van der Waals surface area contributed by atoms with Gasteiger partial charge in [0.15, 0.2) is 9.84 Å². The second kappa shape index (κ2) is 6.04. The smallest absolute Gasteiger partial charge is 0.183 e. The van der Waals surface area contributed by atoms with E-state index in [1.54, 1.807) is 18.6 Å². The number of benzene rings is 1. The van der Waals surface area contributed by atoms with Crippen LogP contribution in [0.5, 0.6) is 0 Å². The number of hydrogen-bond donors (Lipinski definition) is 0. The van der Waals surface area contributed by atoms with Gasteiger partial charge in [0.05, 0.1) is 28.4 Å². The first kappa shape index (κ1) is 16.7. The molecule has 1 fully saturated rings. The van der Waals surface area contributed by atoms with E-state index >= 15 is 0 Å². The zero-order valence-corrected chi connectivity index (χ0v) is 15.8. The van der Waals surface area contributed by atoms with Gasteiger partial charge in [-0.25, -0.2) is 8.42 Å². The Hall–Kier alpha value is -2.44. The Labute approximate surface area is 158 Å². The number of nitrogens with zero attached hydrogens (tertiary/aromatic N) is 2. The molecule has 0 N–H and O–H groups in total. The molecule has 0 bridgehead atoms. The van der Waals surface area contributed by atoms with E-state index < -0.39 is 9.84 Å². The number of sulfone groups is 1. The molecule has 138 valence electrons. The normalized spacial score (nSPS) is 23.3. The van der Waals surface area contributed by atoms with Gasteiger partial charge in [-0.2, -0.15) is 0 Å². The van der Waals surface area contributed by atoms with Crippen molar-refractivity contribution in [1.29, 1.82) is 0 Å². The molecule has 1 aromatic carbocycles. The maximum absolute atomic E-state index is 13.1. The maximum atomic E-state index is 13.1. The van der Waals surface area contributed by atoms with E-state index in [4.69, 9.17) is 4.42 Å². The Morgan fingerprint density at radius 3 is 2.81 bits per heavy atom. The van der Waals surface area contributed by atoms with Crippen molar-refractivity contribution in [2.75, 3.05) is 13.1 Å². The highest BCUT2D eigenvalue weighted by Gasteiger charge is 2.50. The molecule has 6 heteroatoms. The van der Waals surface area contributed by atoms with Gasteiger partial charge in [-0.1, -0.05) is 12.1 Å². The SMILES string of the molecule is Cc1cccc(CN2C[C@@H]3[C@@H](C2)c2cc(-c4ccoc4)ccc2S3(=O)=O)n1. The first-order valence-corrected chi connectivity index (χ1v) is 10.6. The Morgan fingerprint density at radius 2 is 2.04 bits per heavy atom. The van der Waals surface area contributed by atoms with Gasteiger partial charge in [0.25, 0.3) is 0 Å². The van der Waals surface area contributed by atoms with Crippen LogP contribution in [0.25, 0.3) is 11.1 Å². The van der Waals surface area contributed by atoms with Gasteiger partial charge in [0, 0.05) is 36.8 Å². The van der Waals surface area contributed by atoms with Crippen LogP contribution in [0, 0.1) is 6.92 Å². The van der Waals surface area contributed by atoms with Crippen molar-refractivity contribution in [3.63, 3.8) is 0 Å². The van der Waals surface area contributed by atoms with Crippen molar-refractivity contribution in [3.8, 4) is 11.1 Å². The third kappa shape index (κ3) is 2.71. The summed E-state index contributed by atoms with van der Waals surface area (Å²) in [6.45, 7) is 3.95. The summed E-state index contributed by atoms with van der Waals surface area (Å²) in [7, 11) is -3.29. The van der Waals surface area contributed by atoms with Gasteiger partial charge in [-0.15, -0.1) is 0 Å². The van der Waals surface area contributed by atoms with Crippen LogP contribution in [-0.2, 0) is 16.4 Å². The molecule has 1 saturated heterocycles. The average molecular weight is 380 g/mol. The summed E-state index contributed by atoms with van der Waals surface area (Å²) in [6.07, 6.45) is 3.32. The molecule has 27 heavy (non-hydrogen) atoms. The number of aryl methyl sites for hydroxylation is 1. The highest BCUT2D eigenvalue weighted by molar-refractivity contribution is 7.92. The Kier molecular flexibility index (Phi) is 3.74. The van der Waals surface area contributed by atoms with Crippen molar-refractivity contribution in [2.24, 2.45) is 0 Å². The molecule has 2 atom stereocenters. The van der Waals surface area contributed by atoms with Crippen molar-refractivity contribution >= 4 is 9.84 Å². The molecule has 4 heterocycles. The first-order chi connectivity index (χ1) is 13.0. The Morgan fingerprint density at radius 1 is 1.15 bits per heavy atom. The van der Waals surface area contributed by atoms with Gasteiger partial charge < -0.3 is 4.42 Å². The number of hydrogen-bond acceptors (Lipinski definition) is 5. The third-order valence-corrected chi connectivity index (χ3v) is 7.90. The summed E-state index contributed by atoms with van der Waals surface area (Å²) in [6, 6.07) is 13.5. The van der Waals surface area contributed by atoms with Crippen LogP contribution in [0.2, 0.25) is 0 Å². The zero-order chi connectivity index (χ0) is 18.6. The van der Waals surface area contributed by atoms with E-state index in [0.29, 0.717) is 18.0 Å². The molecule has 0 spiro atoms. The van der Waals surface area contributed by atoms with E-state index in [2.05, 4.69) is 9.88 Å². The van der Waals surface area contributed by atoms with Gasteiger partial charge in [-0.3, -0.25) is 9.88 Å². The minimum Gasteiger partial charge on any atom is -0.472 e. The van der Waals surface area contributed by atoms with Gasteiger partial charge in [-0.05, 0) is 48.4 Å². The largest absolute Gasteiger partial charge is 0.472 e. The van der Waals surface area contributed by atoms with Gasteiger partial charge in [0.2, 0.25) is 0 Å². The molecule has 0 radical (unpaired) electrons. The van der Waals surface area contributed by atoms with E-state index in [1.807, 2.05) is 43.3 Å². The fourth-order valence-electron chi connectivity index (χ4n) is 4.38. The third-order valence-electron chi connectivity index (χ3n) is 5.64. The molecular weight excluding hydrogens is 360 g/mol. The van der Waals surface area contributed by atoms with Crippen LogP contribution in [0.4, 0.5) is 0 Å². The summed E-state index contributed by atoms with van der Waals surface area (Å²) in [5.41, 5.74) is 4.88. The van der Waals surface area contributed by atoms with Gasteiger partial charge >= 0.3 is 0 Å². The number of furan rings is 1.